The average molecular weight is 366 g/mol. The number of aromatic nitrogens is 2. The molecule has 1 amide bonds. The largest absolute Gasteiger partial charge is 0.365 e. The van der Waals surface area contributed by atoms with Crippen molar-refractivity contribution in [2.24, 2.45) is 5.73 Å². The number of primary amides is 1. The van der Waals surface area contributed by atoms with Crippen molar-refractivity contribution in [3.8, 4) is 6.07 Å². The molecule has 0 saturated carbocycles. The fourth-order valence-corrected chi connectivity index (χ4v) is 4.04. The minimum absolute atomic E-state index is 0.179. The number of aryl methyl sites for hydroxylation is 2. The highest BCUT2D eigenvalue weighted by atomic mass is 32.1. The van der Waals surface area contributed by atoms with Crippen molar-refractivity contribution in [2.75, 3.05) is 0 Å². The third kappa shape index (κ3) is 3.11. The van der Waals surface area contributed by atoms with Crippen LogP contribution in [0.15, 0.2) is 29.1 Å². The van der Waals surface area contributed by atoms with E-state index in [-0.39, 0.29) is 5.56 Å². The average Bonchev–Trinajstić information content (AvgIpc) is 2.95. The van der Waals surface area contributed by atoms with Crippen LogP contribution in [0.1, 0.15) is 45.5 Å². The van der Waals surface area contributed by atoms with Crippen molar-refractivity contribution in [1.29, 1.82) is 5.26 Å². The maximum Gasteiger partial charge on any atom is 0.262 e. The number of amides is 1. The SMILES string of the molecule is CCCc1nc2sc(C(N)=O)c(C)c2c(=O)n1Cc1cccc(C#N)c1. The molecule has 0 fully saturated rings. The Kier molecular flexibility index (Phi) is 4.87. The van der Waals surface area contributed by atoms with Gasteiger partial charge in [-0.05, 0) is 36.6 Å². The summed E-state index contributed by atoms with van der Waals surface area (Å²) in [5, 5.41) is 9.53. The number of thiophene rings is 1. The van der Waals surface area contributed by atoms with E-state index in [0.29, 0.717) is 45.0 Å². The summed E-state index contributed by atoms with van der Waals surface area (Å²) < 4.78 is 1.63. The third-order valence-electron chi connectivity index (χ3n) is 4.22. The lowest BCUT2D eigenvalue weighted by atomic mass is 10.1. The van der Waals surface area contributed by atoms with Gasteiger partial charge < -0.3 is 5.73 Å². The van der Waals surface area contributed by atoms with Crippen LogP contribution in [0.3, 0.4) is 0 Å². The highest BCUT2D eigenvalue weighted by Gasteiger charge is 2.20. The van der Waals surface area contributed by atoms with E-state index < -0.39 is 5.91 Å². The molecule has 0 aliphatic heterocycles. The fraction of sp³-hybridized carbons (Fsp3) is 0.263. The third-order valence-corrected chi connectivity index (χ3v) is 5.42. The number of benzene rings is 1. The molecule has 1 aromatic carbocycles. The second kappa shape index (κ2) is 7.10. The van der Waals surface area contributed by atoms with Gasteiger partial charge in [-0.15, -0.1) is 11.3 Å². The predicted molar refractivity (Wildman–Crippen MR) is 101 cm³/mol. The van der Waals surface area contributed by atoms with Gasteiger partial charge in [-0.2, -0.15) is 5.26 Å². The zero-order valence-electron chi connectivity index (χ0n) is 14.6. The van der Waals surface area contributed by atoms with E-state index in [2.05, 4.69) is 11.1 Å². The Morgan fingerprint density at radius 3 is 2.85 bits per heavy atom. The number of nitriles is 1. The van der Waals surface area contributed by atoms with Gasteiger partial charge in [-0.1, -0.05) is 19.1 Å². The first kappa shape index (κ1) is 17.8. The van der Waals surface area contributed by atoms with Crippen molar-refractivity contribution in [3.63, 3.8) is 0 Å². The van der Waals surface area contributed by atoms with E-state index in [1.807, 2.05) is 13.0 Å². The highest BCUT2D eigenvalue weighted by molar-refractivity contribution is 7.20. The lowest BCUT2D eigenvalue weighted by molar-refractivity contribution is 0.100. The molecule has 0 spiro atoms. The highest BCUT2D eigenvalue weighted by Crippen LogP contribution is 2.27. The molecular weight excluding hydrogens is 348 g/mol. The number of hydrogen-bond acceptors (Lipinski definition) is 5. The van der Waals surface area contributed by atoms with Gasteiger partial charge in [0, 0.05) is 6.42 Å². The van der Waals surface area contributed by atoms with Crippen LogP contribution < -0.4 is 11.3 Å². The zero-order chi connectivity index (χ0) is 18.8. The predicted octanol–water partition coefficient (Wildman–Crippen LogP) is 2.74. The van der Waals surface area contributed by atoms with E-state index >= 15 is 0 Å². The summed E-state index contributed by atoms with van der Waals surface area (Å²) in [5.74, 6) is 0.125. The molecule has 2 heterocycles. The first-order chi connectivity index (χ1) is 12.5. The van der Waals surface area contributed by atoms with Gasteiger partial charge in [0.25, 0.3) is 11.5 Å². The summed E-state index contributed by atoms with van der Waals surface area (Å²) in [6, 6.07) is 9.27. The molecule has 26 heavy (non-hydrogen) atoms. The molecule has 0 aliphatic carbocycles. The summed E-state index contributed by atoms with van der Waals surface area (Å²) in [4.78, 5) is 30.3. The Morgan fingerprint density at radius 2 is 2.19 bits per heavy atom. The fourth-order valence-electron chi connectivity index (χ4n) is 2.99. The van der Waals surface area contributed by atoms with Crippen molar-refractivity contribution < 1.29 is 4.79 Å². The summed E-state index contributed by atoms with van der Waals surface area (Å²) in [6.45, 7) is 4.07. The molecule has 0 saturated heterocycles. The topological polar surface area (TPSA) is 102 Å². The molecule has 0 unspecified atom stereocenters. The summed E-state index contributed by atoms with van der Waals surface area (Å²) in [5.41, 5.74) is 7.23. The van der Waals surface area contributed by atoms with Crippen molar-refractivity contribution in [1.82, 2.24) is 9.55 Å². The van der Waals surface area contributed by atoms with Crippen LogP contribution in [-0.4, -0.2) is 15.5 Å². The number of carbonyl (C=O) groups excluding carboxylic acids is 1. The number of nitrogens with zero attached hydrogens (tertiary/aromatic N) is 3. The van der Waals surface area contributed by atoms with Gasteiger partial charge in [0.05, 0.1) is 28.4 Å². The Bertz CT molecular complexity index is 1110. The first-order valence-corrected chi connectivity index (χ1v) is 9.09. The molecular formula is C19H18N4O2S. The molecule has 132 valence electrons. The van der Waals surface area contributed by atoms with Crippen molar-refractivity contribution in [2.45, 2.75) is 33.2 Å². The molecule has 3 aromatic rings. The van der Waals surface area contributed by atoms with Gasteiger partial charge in [0.15, 0.2) is 0 Å². The lowest BCUT2D eigenvalue weighted by Crippen LogP contribution is -2.26. The molecule has 7 heteroatoms. The quantitative estimate of drug-likeness (QED) is 0.750. The number of hydrogen-bond donors (Lipinski definition) is 1. The molecule has 0 atom stereocenters. The van der Waals surface area contributed by atoms with E-state index in [1.54, 1.807) is 29.7 Å². The lowest BCUT2D eigenvalue weighted by Gasteiger charge is -2.12. The van der Waals surface area contributed by atoms with Crippen LogP contribution in [-0.2, 0) is 13.0 Å². The molecule has 2 aromatic heterocycles. The van der Waals surface area contributed by atoms with Gasteiger partial charge in [0.2, 0.25) is 0 Å². The summed E-state index contributed by atoms with van der Waals surface area (Å²) in [6.07, 6.45) is 1.48. The Balaban J connectivity index is 2.22. The smallest absolute Gasteiger partial charge is 0.262 e. The molecule has 0 bridgehead atoms. The van der Waals surface area contributed by atoms with Crippen LogP contribution in [0, 0.1) is 18.3 Å². The van der Waals surface area contributed by atoms with Crippen LogP contribution in [0.2, 0.25) is 0 Å². The van der Waals surface area contributed by atoms with E-state index in [9.17, 15) is 9.59 Å². The second-order valence-electron chi connectivity index (χ2n) is 6.08. The summed E-state index contributed by atoms with van der Waals surface area (Å²) >= 11 is 1.17. The Morgan fingerprint density at radius 1 is 1.42 bits per heavy atom. The molecule has 3 rings (SSSR count). The number of nitrogens with two attached hydrogens (primary N) is 1. The maximum atomic E-state index is 13.2. The normalized spacial score (nSPS) is 10.8. The van der Waals surface area contributed by atoms with Crippen molar-refractivity contribution in [3.05, 3.63) is 62.0 Å². The maximum absolute atomic E-state index is 13.2. The van der Waals surface area contributed by atoms with Crippen LogP contribution in [0.25, 0.3) is 10.2 Å². The van der Waals surface area contributed by atoms with E-state index in [1.165, 1.54) is 11.3 Å². The van der Waals surface area contributed by atoms with Crippen LogP contribution in [0.4, 0.5) is 0 Å². The minimum Gasteiger partial charge on any atom is -0.365 e. The molecule has 0 radical (unpaired) electrons. The monoisotopic (exact) mass is 366 g/mol. The Labute approximate surface area is 154 Å². The van der Waals surface area contributed by atoms with Gasteiger partial charge in [0.1, 0.15) is 10.7 Å². The standard InChI is InChI=1S/C19H18N4O2S/c1-3-5-14-22-18-15(11(2)16(26-18)17(21)24)19(25)23(14)10-13-7-4-6-12(8-13)9-20/h4,6-8H,3,5,10H2,1-2H3,(H2,21,24). The van der Waals surface area contributed by atoms with Gasteiger partial charge >= 0.3 is 0 Å². The van der Waals surface area contributed by atoms with E-state index in [4.69, 9.17) is 11.0 Å². The summed E-state index contributed by atoms with van der Waals surface area (Å²) in [7, 11) is 0. The minimum atomic E-state index is -0.546. The van der Waals surface area contributed by atoms with E-state index in [0.717, 1.165) is 12.0 Å². The van der Waals surface area contributed by atoms with Crippen LogP contribution >= 0.6 is 11.3 Å². The van der Waals surface area contributed by atoms with Crippen molar-refractivity contribution >= 4 is 27.5 Å². The number of rotatable bonds is 5. The Hall–Kier alpha value is -2.98. The van der Waals surface area contributed by atoms with Gasteiger partial charge in [-0.25, -0.2) is 4.98 Å². The van der Waals surface area contributed by atoms with Crippen LogP contribution in [0.5, 0.6) is 0 Å². The number of carbonyl (C=O) groups is 1. The number of fused-ring (bicyclic) bond motifs is 1. The first-order valence-electron chi connectivity index (χ1n) is 8.28. The molecule has 6 nitrogen and oxygen atoms in total. The zero-order valence-corrected chi connectivity index (χ0v) is 15.4. The molecule has 0 aliphatic rings. The molecule has 2 N–H and O–H groups in total. The second-order valence-corrected chi connectivity index (χ2v) is 7.08. The van der Waals surface area contributed by atoms with Gasteiger partial charge in [-0.3, -0.25) is 14.2 Å².